The number of hydrogen-bond acceptors (Lipinski definition) is 3. The lowest BCUT2D eigenvalue weighted by molar-refractivity contribution is 0.188. The van der Waals surface area contributed by atoms with Crippen molar-refractivity contribution in [2.75, 3.05) is 0 Å². The van der Waals surface area contributed by atoms with Crippen LogP contribution in [0.2, 0.25) is 0 Å². The highest BCUT2D eigenvalue weighted by molar-refractivity contribution is 5.36. The molecule has 2 aromatic carbocycles. The average molecular weight is 280 g/mol. The van der Waals surface area contributed by atoms with Crippen molar-refractivity contribution in [1.82, 2.24) is 0 Å². The zero-order valence-corrected chi connectivity index (χ0v) is 11.7. The predicted octanol–water partition coefficient (Wildman–Crippen LogP) is 4.46. The smallest absolute Gasteiger partial charge is 0.139 e. The fourth-order valence-electron chi connectivity index (χ4n) is 2.16. The van der Waals surface area contributed by atoms with E-state index in [2.05, 4.69) is 0 Å². The van der Waals surface area contributed by atoms with Gasteiger partial charge in [0, 0.05) is 0 Å². The van der Waals surface area contributed by atoms with E-state index in [1.54, 1.807) is 6.26 Å². The standard InChI is InChI=1S/C18H16O3/c1-13-11-12-20-18(13)17(19)14-7-9-16(10-8-14)21-15-5-3-2-4-6-15/h2-12,17,19H,1H3. The maximum atomic E-state index is 10.3. The zero-order valence-electron chi connectivity index (χ0n) is 11.7. The van der Waals surface area contributed by atoms with Crippen molar-refractivity contribution in [3.63, 3.8) is 0 Å². The number of para-hydroxylation sites is 1. The van der Waals surface area contributed by atoms with Crippen LogP contribution in [0.15, 0.2) is 71.3 Å². The summed E-state index contributed by atoms with van der Waals surface area (Å²) in [7, 11) is 0. The summed E-state index contributed by atoms with van der Waals surface area (Å²) in [6.07, 6.45) is 0.826. The molecule has 0 fully saturated rings. The second-order valence-electron chi connectivity index (χ2n) is 4.85. The molecule has 1 aromatic heterocycles. The summed E-state index contributed by atoms with van der Waals surface area (Å²) < 4.78 is 11.0. The number of furan rings is 1. The van der Waals surface area contributed by atoms with E-state index in [1.807, 2.05) is 67.6 Å². The lowest BCUT2D eigenvalue weighted by Crippen LogP contribution is -1.99. The Morgan fingerprint density at radius 3 is 2.19 bits per heavy atom. The molecule has 0 bridgehead atoms. The van der Waals surface area contributed by atoms with Gasteiger partial charge < -0.3 is 14.3 Å². The van der Waals surface area contributed by atoms with Gasteiger partial charge in [0.1, 0.15) is 23.4 Å². The Labute approximate surface area is 123 Å². The molecule has 3 nitrogen and oxygen atoms in total. The molecule has 106 valence electrons. The van der Waals surface area contributed by atoms with Gasteiger partial charge in [-0.25, -0.2) is 0 Å². The molecule has 1 atom stereocenters. The van der Waals surface area contributed by atoms with Crippen molar-refractivity contribution in [3.8, 4) is 11.5 Å². The molecule has 0 saturated carbocycles. The summed E-state index contributed by atoms with van der Waals surface area (Å²) >= 11 is 0. The number of aliphatic hydroxyl groups excluding tert-OH is 1. The van der Waals surface area contributed by atoms with Crippen molar-refractivity contribution < 1.29 is 14.3 Å². The van der Waals surface area contributed by atoms with Crippen molar-refractivity contribution in [1.29, 1.82) is 0 Å². The molecule has 0 amide bonds. The third-order valence-electron chi connectivity index (χ3n) is 3.32. The van der Waals surface area contributed by atoms with Crippen molar-refractivity contribution in [2.45, 2.75) is 13.0 Å². The summed E-state index contributed by atoms with van der Waals surface area (Å²) in [6.45, 7) is 1.91. The molecule has 3 heteroatoms. The number of aliphatic hydroxyl groups is 1. The summed E-state index contributed by atoms with van der Waals surface area (Å²) in [5, 5.41) is 10.3. The highest BCUT2D eigenvalue weighted by Gasteiger charge is 2.16. The van der Waals surface area contributed by atoms with Gasteiger partial charge in [-0.2, -0.15) is 0 Å². The molecule has 0 radical (unpaired) electrons. The molecule has 0 aliphatic carbocycles. The first-order valence-corrected chi connectivity index (χ1v) is 6.79. The largest absolute Gasteiger partial charge is 0.466 e. The Kier molecular flexibility index (Phi) is 3.75. The fraction of sp³-hybridized carbons (Fsp3) is 0.111. The molecule has 0 spiro atoms. The second-order valence-corrected chi connectivity index (χ2v) is 4.85. The van der Waals surface area contributed by atoms with Crippen molar-refractivity contribution in [2.24, 2.45) is 0 Å². The molecule has 1 N–H and O–H groups in total. The van der Waals surface area contributed by atoms with E-state index >= 15 is 0 Å². The van der Waals surface area contributed by atoms with Crippen LogP contribution in [-0.2, 0) is 0 Å². The normalized spacial score (nSPS) is 12.1. The summed E-state index contributed by atoms with van der Waals surface area (Å²) in [5.41, 5.74) is 1.71. The van der Waals surface area contributed by atoms with E-state index in [1.165, 1.54) is 0 Å². The van der Waals surface area contributed by atoms with Crippen molar-refractivity contribution in [3.05, 3.63) is 83.8 Å². The Morgan fingerprint density at radius 1 is 0.905 bits per heavy atom. The molecule has 21 heavy (non-hydrogen) atoms. The number of aryl methyl sites for hydroxylation is 1. The quantitative estimate of drug-likeness (QED) is 0.767. The molecule has 0 saturated heterocycles. The first kappa shape index (κ1) is 13.5. The molecule has 1 heterocycles. The third kappa shape index (κ3) is 2.98. The maximum Gasteiger partial charge on any atom is 0.139 e. The van der Waals surface area contributed by atoms with Gasteiger partial charge >= 0.3 is 0 Å². The van der Waals surface area contributed by atoms with Crippen LogP contribution in [0.5, 0.6) is 11.5 Å². The lowest BCUT2D eigenvalue weighted by Gasteiger charge is -2.11. The van der Waals surface area contributed by atoms with Gasteiger partial charge in [-0.15, -0.1) is 0 Å². The van der Waals surface area contributed by atoms with Gasteiger partial charge in [0.05, 0.1) is 6.26 Å². The highest BCUT2D eigenvalue weighted by atomic mass is 16.5. The second kappa shape index (κ2) is 5.85. The SMILES string of the molecule is Cc1ccoc1C(O)c1ccc(Oc2ccccc2)cc1. The van der Waals surface area contributed by atoms with Crippen LogP contribution in [0.1, 0.15) is 23.0 Å². The molecule has 1 unspecified atom stereocenters. The van der Waals surface area contributed by atoms with Crippen LogP contribution < -0.4 is 4.74 Å². The van der Waals surface area contributed by atoms with Gasteiger partial charge in [-0.3, -0.25) is 0 Å². The Hall–Kier alpha value is -2.52. The Bertz CT molecular complexity index is 699. The highest BCUT2D eigenvalue weighted by Crippen LogP contribution is 2.28. The monoisotopic (exact) mass is 280 g/mol. The summed E-state index contributed by atoms with van der Waals surface area (Å²) in [5.74, 6) is 2.09. The number of rotatable bonds is 4. The fourth-order valence-corrected chi connectivity index (χ4v) is 2.16. The third-order valence-corrected chi connectivity index (χ3v) is 3.32. The maximum absolute atomic E-state index is 10.3. The Morgan fingerprint density at radius 2 is 1.57 bits per heavy atom. The molecule has 3 aromatic rings. The molecule has 3 rings (SSSR count). The number of ether oxygens (including phenoxy) is 1. The minimum atomic E-state index is -0.759. The van der Waals surface area contributed by atoms with Gasteiger partial charge in [-0.05, 0) is 48.4 Å². The van der Waals surface area contributed by atoms with E-state index in [0.29, 0.717) is 5.76 Å². The van der Waals surface area contributed by atoms with Gasteiger partial charge in [0.2, 0.25) is 0 Å². The molecule has 0 aliphatic heterocycles. The van der Waals surface area contributed by atoms with Crippen LogP contribution in [0.4, 0.5) is 0 Å². The topological polar surface area (TPSA) is 42.6 Å². The van der Waals surface area contributed by atoms with Gasteiger partial charge in [-0.1, -0.05) is 30.3 Å². The average Bonchev–Trinajstić information content (AvgIpc) is 2.94. The number of benzene rings is 2. The minimum Gasteiger partial charge on any atom is -0.466 e. The van der Waals surface area contributed by atoms with E-state index < -0.39 is 6.10 Å². The zero-order chi connectivity index (χ0) is 14.7. The van der Waals surface area contributed by atoms with Crippen LogP contribution in [0.25, 0.3) is 0 Å². The molecular formula is C18H16O3. The van der Waals surface area contributed by atoms with Crippen LogP contribution >= 0.6 is 0 Å². The first-order chi connectivity index (χ1) is 10.2. The Balaban J connectivity index is 1.77. The summed E-state index contributed by atoms with van der Waals surface area (Å²) in [4.78, 5) is 0. The predicted molar refractivity (Wildman–Crippen MR) is 80.5 cm³/mol. The minimum absolute atomic E-state index is 0.576. The van der Waals surface area contributed by atoms with Crippen LogP contribution in [-0.4, -0.2) is 5.11 Å². The number of hydrogen-bond donors (Lipinski definition) is 1. The van der Waals surface area contributed by atoms with E-state index in [0.717, 1.165) is 22.6 Å². The van der Waals surface area contributed by atoms with E-state index in [4.69, 9.17) is 9.15 Å². The van der Waals surface area contributed by atoms with Gasteiger partial charge in [0.25, 0.3) is 0 Å². The summed E-state index contributed by atoms with van der Waals surface area (Å²) in [6, 6.07) is 18.8. The lowest BCUT2D eigenvalue weighted by atomic mass is 10.1. The van der Waals surface area contributed by atoms with Crippen LogP contribution in [0.3, 0.4) is 0 Å². The van der Waals surface area contributed by atoms with E-state index in [-0.39, 0.29) is 0 Å². The van der Waals surface area contributed by atoms with E-state index in [9.17, 15) is 5.11 Å². The van der Waals surface area contributed by atoms with Crippen molar-refractivity contribution >= 4 is 0 Å². The molecule has 0 aliphatic rings. The van der Waals surface area contributed by atoms with Crippen LogP contribution in [0, 0.1) is 6.92 Å². The molecular weight excluding hydrogens is 264 g/mol. The van der Waals surface area contributed by atoms with Gasteiger partial charge in [0.15, 0.2) is 0 Å². The first-order valence-electron chi connectivity index (χ1n) is 6.79.